The van der Waals surface area contributed by atoms with E-state index in [0.717, 1.165) is 10.2 Å². The first-order chi connectivity index (χ1) is 7.63. The molecule has 5 heteroatoms. The average molecular weight is 280 g/mol. The van der Waals surface area contributed by atoms with Gasteiger partial charge in [0.05, 0.1) is 0 Å². The Morgan fingerprint density at radius 3 is 2.69 bits per heavy atom. The quantitative estimate of drug-likeness (QED) is 0.859. The van der Waals surface area contributed by atoms with Crippen molar-refractivity contribution in [1.82, 2.24) is 9.97 Å². The summed E-state index contributed by atoms with van der Waals surface area (Å²) in [6, 6.07) is 7.13. The highest BCUT2D eigenvalue weighted by Crippen LogP contribution is 2.26. The number of rotatable bonds is 2. The first kappa shape index (κ1) is 10.9. The summed E-state index contributed by atoms with van der Waals surface area (Å²) in [5, 5.41) is 0. The van der Waals surface area contributed by atoms with Crippen LogP contribution in [0, 0.1) is 6.92 Å². The van der Waals surface area contributed by atoms with Gasteiger partial charge in [0.15, 0.2) is 0 Å². The van der Waals surface area contributed by atoms with E-state index in [1.807, 2.05) is 13.0 Å². The summed E-state index contributed by atoms with van der Waals surface area (Å²) in [6.45, 7) is 1.88. The Kier molecular flexibility index (Phi) is 3.05. The van der Waals surface area contributed by atoms with E-state index in [2.05, 4.69) is 25.9 Å². The van der Waals surface area contributed by atoms with Crippen LogP contribution in [0.2, 0.25) is 0 Å². The van der Waals surface area contributed by atoms with Crippen molar-refractivity contribution in [3.63, 3.8) is 0 Å². The van der Waals surface area contributed by atoms with Gasteiger partial charge in [-0.25, -0.2) is 9.97 Å². The number of ether oxygens (including phenoxy) is 1. The van der Waals surface area contributed by atoms with Gasteiger partial charge in [-0.1, -0.05) is 15.9 Å². The third kappa shape index (κ3) is 2.70. The summed E-state index contributed by atoms with van der Waals surface area (Å²) in [5.74, 6) is 1.15. The van der Waals surface area contributed by atoms with Crippen molar-refractivity contribution in [3.8, 4) is 11.6 Å². The van der Waals surface area contributed by atoms with Gasteiger partial charge in [0.2, 0.25) is 5.88 Å². The zero-order valence-corrected chi connectivity index (χ0v) is 10.2. The van der Waals surface area contributed by atoms with Gasteiger partial charge in [-0.05, 0) is 19.1 Å². The maximum atomic E-state index is 5.70. The molecule has 0 bridgehead atoms. The van der Waals surface area contributed by atoms with Crippen molar-refractivity contribution < 1.29 is 4.74 Å². The van der Waals surface area contributed by atoms with Crippen LogP contribution < -0.4 is 10.5 Å². The Bertz CT molecular complexity index is 496. The molecule has 0 atom stereocenters. The van der Waals surface area contributed by atoms with E-state index in [1.54, 1.807) is 18.2 Å². The standard InChI is InChI=1S/C11H10BrN3O/c1-7-2-11(15-6-14-7)16-10-4-8(12)3-9(13)5-10/h2-6H,13H2,1H3. The van der Waals surface area contributed by atoms with Crippen LogP contribution >= 0.6 is 15.9 Å². The molecule has 0 fully saturated rings. The summed E-state index contributed by atoms with van der Waals surface area (Å²) in [6.07, 6.45) is 1.46. The minimum Gasteiger partial charge on any atom is -0.439 e. The number of hydrogen-bond acceptors (Lipinski definition) is 4. The lowest BCUT2D eigenvalue weighted by Gasteiger charge is -2.06. The number of nitrogens with two attached hydrogens (primary N) is 1. The van der Waals surface area contributed by atoms with Crippen LogP contribution in [-0.4, -0.2) is 9.97 Å². The molecular formula is C11H10BrN3O. The first-order valence-corrected chi connectivity index (χ1v) is 5.45. The summed E-state index contributed by atoms with van der Waals surface area (Å²) in [4.78, 5) is 8.00. The maximum absolute atomic E-state index is 5.70. The second kappa shape index (κ2) is 4.49. The van der Waals surface area contributed by atoms with Crippen molar-refractivity contribution >= 4 is 21.6 Å². The van der Waals surface area contributed by atoms with Crippen LogP contribution in [0.5, 0.6) is 11.6 Å². The summed E-state index contributed by atoms with van der Waals surface area (Å²) >= 11 is 3.35. The van der Waals surface area contributed by atoms with E-state index >= 15 is 0 Å². The van der Waals surface area contributed by atoms with Crippen LogP contribution in [0.4, 0.5) is 5.69 Å². The minimum atomic E-state index is 0.505. The zero-order valence-electron chi connectivity index (χ0n) is 8.64. The lowest BCUT2D eigenvalue weighted by Crippen LogP contribution is -1.92. The minimum absolute atomic E-state index is 0.505. The van der Waals surface area contributed by atoms with Crippen molar-refractivity contribution in [2.45, 2.75) is 6.92 Å². The molecule has 0 saturated heterocycles. The number of nitrogens with zero attached hydrogens (tertiary/aromatic N) is 2. The lowest BCUT2D eigenvalue weighted by atomic mass is 10.3. The molecular weight excluding hydrogens is 270 g/mol. The third-order valence-electron chi connectivity index (χ3n) is 1.89. The molecule has 1 heterocycles. The fourth-order valence-corrected chi connectivity index (χ4v) is 1.74. The van der Waals surface area contributed by atoms with Gasteiger partial charge in [-0.2, -0.15) is 0 Å². The number of hydrogen-bond donors (Lipinski definition) is 1. The highest BCUT2D eigenvalue weighted by molar-refractivity contribution is 9.10. The SMILES string of the molecule is Cc1cc(Oc2cc(N)cc(Br)c2)ncn1. The Balaban J connectivity index is 2.27. The molecule has 0 saturated carbocycles. The average Bonchev–Trinajstić information content (AvgIpc) is 2.15. The van der Waals surface area contributed by atoms with E-state index < -0.39 is 0 Å². The molecule has 4 nitrogen and oxygen atoms in total. The van der Waals surface area contributed by atoms with Crippen LogP contribution in [0.3, 0.4) is 0 Å². The van der Waals surface area contributed by atoms with Crippen molar-refractivity contribution in [3.05, 3.63) is 40.8 Å². The Morgan fingerprint density at radius 1 is 1.19 bits per heavy atom. The van der Waals surface area contributed by atoms with Crippen molar-refractivity contribution in [2.75, 3.05) is 5.73 Å². The van der Waals surface area contributed by atoms with Gasteiger partial charge in [0.1, 0.15) is 12.1 Å². The summed E-state index contributed by atoms with van der Waals surface area (Å²) in [7, 11) is 0. The van der Waals surface area contributed by atoms with Gasteiger partial charge >= 0.3 is 0 Å². The topological polar surface area (TPSA) is 61.0 Å². The number of aryl methyl sites for hydroxylation is 1. The third-order valence-corrected chi connectivity index (χ3v) is 2.35. The van der Waals surface area contributed by atoms with E-state index in [0.29, 0.717) is 17.3 Å². The smallest absolute Gasteiger partial charge is 0.222 e. The molecule has 0 aliphatic rings. The lowest BCUT2D eigenvalue weighted by molar-refractivity contribution is 0.460. The van der Waals surface area contributed by atoms with Crippen molar-refractivity contribution in [1.29, 1.82) is 0 Å². The molecule has 82 valence electrons. The van der Waals surface area contributed by atoms with E-state index in [-0.39, 0.29) is 0 Å². The number of benzene rings is 1. The van der Waals surface area contributed by atoms with E-state index in [9.17, 15) is 0 Å². The molecule has 1 aromatic carbocycles. The maximum Gasteiger partial charge on any atom is 0.222 e. The molecule has 0 amide bonds. The van der Waals surface area contributed by atoms with Crippen LogP contribution in [0.1, 0.15) is 5.69 Å². The van der Waals surface area contributed by atoms with Gasteiger partial charge in [-0.3, -0.25) is 0 Å². The molecule has 0 radical (unpaired) electrons. The molecule has 0 unspecified atom stereocenters. The molecule has 2 aromatic rings. The van der Waals surface area contributed by atoms with Gasteiger partial charge < -0.3 is 10.5 Å². The van der Waals surface area contributed by atoms with Gasteiger partial charge in [0.25, 0.3) is 0 Å². The van der Waals surface area contributed by atoms with Crippen molar-refractivity contribution in [2.24, 2.45) is 0 Å². The predicted molar refractivity (Wildman–Crippen MR) is 65.4 cm³/mol. The molecule has 16 heavy (non-hydrogen) atoms. The zero-order chi connectivity index (χ0) is 11.5. The van der Waals surface area contributed by atoms with Crippen LogP contribution in [0.15, 0.2) is 35.1 Å². The van der Waals surface area contributed by atoms with Gasteiger partial charge in [-0.15, -0.1) is 0 Å². The van der Waals surface area contributed by atoms with Gasteiger partial charge in [0, 0.05) is 28.0 Å². The van der Waals surface area contributed by atoms with Crippen LogP contribution in [0.25, 0.3) is 0 Å². The first-order valence-electron chi connectivity index (χ1n) is 4.66. The number of nitrogen functional groups attached to an aromatic ring is 1. The second-order valence-corrected chi connectivity index (χ2v) is 4.24. The molecule has 2 N–H and O–H groups in total. The predicted octanol–water partition coefficient (Wildman–Crippen LogP) is 2.92. The molecule has 2 rings (SSSR count). The summed E-state index contributed by atoms with van der Waals surface area (Å²) < 4.78 is 6.43. The Labute approximate surface area is 102 Å². The molecule has 0 aliphatic heterocycles. The number of aromatic nitrogens is 2. The Morgan fingerprint density at radius 2 is 2.00 bits per heavy atom. The molecule has 1 aromatic heterocycles. The van der Waals surface area contributed by atoms with E-state index in [4.69, 9.17) is 10.5 Å². The van der Waals surface area contributed by atoms with Crippen LogP contribution in [-0.2, 0) is 0 Å². The van der Waals surface area contributed by atoms with E-state index in [1.165, 1.54) is 6.33 Å². The fraction of sp³-hybridized carbons (Fsp3) is 0.0909. The molecule has 0 spiro atoms. The Hall–Kier alpha value is -1.62. The highest BCUT2D eigenvalue weighted by atomic mass is 79.9. The largest absolute Gasteiger partial charge is 0.439 e. The highest BCUT2D eigenvalue weighted by Gasteiger charge is 2.01. The number of halogens is 1. The summed E-state index contributed by atoms with van der Waals surface area (Å²) in [5.41, 5.74) is 7.19. The second-order valence-electron chi connectivity index (χ2n) is 3.32. The normalized spacial score (nSPS) is 10.1. The fourth-order valence-electron chi connectivity index (χ4n) is 1.25. The number of anilines is 1. The monoisotopic (exact) mass is 279 g/mol. The molecule has 0 aliphatic carbocycles.